The molecule has 3 atom stereocenters. The SMILES string of the molecule is O=C(Cn1c2c(sc1=O)[C@H](c1cccc(Br)c1)C1C(=O)N(c3ccc(Cl)cc3)C(=O)C1S2)N1CCCCC1. The van der Waals surface area contributed by atoms with Crippen molar-refractivity contribution < 1.29 is 14.4 Å². The largest absolute Gasteiger partial charge is 0.341 e. The predicted molar refractivity (Wildman–Crippen MR) is 152 cm³/mol. The minimum absolute atomic E-state index is 0.0662. The fourth-order valence-corrected chi connectivity index (χ4v) is 8.85. The molecule has 3 aromatic rings. The van der Waals surface area contributed by atoms with Crippen molar-refractivity contribution in [2.75, 3.05) is 18.0 Å². The van der Waals surface area contributed by atoms with E-state index in [0.29, 0.717) is 28.8 Å². The van der Waals surface area contributed by atoms with E-state index in [-0.39, 0.29) is 29.1 Å². The summed E-state index contributed by atoms with van der Waals surface area (Å²) in [6.45, 7) is 1.33. The van der Waals surface area contributed by atoms with Gasteiger partial charge in [-0.2, -0.15) is 0 Å². The van der Waals surface area contributed by atoms with E-state index >= 15 is 0 Å². The van der Waals surface area contributed by atoms with Crippen LogP contribution in [0.4, 0.5) is 5.69 Å². The first-order chi connectivity index (χ1) is 18.3. The lowest BCUT2D eigenvalue weighted by molar-refractivity contribution is -0.133. The van der Waals surface area contributed by atoms with Crippen molar-refractivity contribution in [3.63, 3.8) is 0 Å². The number of rotatable bonds is 4. The summed E-state index contributed by atoms with van der Waals surface area (Å²) in [6.07, 6.45) is 3.02. The van der Waals surface area contributed by atoms with E-state index in [1.165, 1.54) is 21.2 Å². The average molecular weight is 633 g/mol. The molecule has 2 aromatic carbocycles. The molecule has 4 heterocycles. The van der Waals surface area contributed by atoms with Gasteiger partial charge in [0, 0.05) is 33.4 Å². The molecule has 196 valence electrons. The van der Waals surface area contributed by atoms with E-state index in [2.05, 4.69) is 15.9 Å². The normalized spacial score (nSPS) is 22.9. The van der Waals surface area contributed by atoms with Gasteiger partial charge in [0.15, 0.2) is 0 Å². The van der Waals surface area contributed by atoms with Crippen LogP contribution >= 0.6 is 50.6 Å². The molecule has 38 heavy (non-hydrogen) atoms. The number of imide groups is 1. The van der Waals surface area contributed by atoms with Crippen LogP contribution in [0.2, 0.25) is 5.02 Å². The first-order valence-corrected chi connectivity index (χ1v) is 15.3. The highest BCUT2D eigenvalue weighted by Crippen LogP contribution is 2.54. The molecule has 11 heteroatoms. The standard InChI is InChI=1S/C27H23BrClN3O4S2/c28-16-6-4-5-15(13-16)20-21-22(25(35)32(24(21)34)18-9-7-17(29)8-10-18)37-26-23(20)38-27(36)31(26)14-19(33)30-11-2-1-3-12-30/h4-10,13,20-22H,1-3,11-12,14H2/t20-,21?,22?/m1/s1. The monoisotopic (exact) mass is 631 g/mol. The third-order valence-corrected chi connectivity index (χ3v) is 10.7. The summed E-state index contributed by atoms with van der Waals surface area (Å²) < 4.78 is 2.34. The van der Waals surface area contributed by atoms with Crippen LogP contribution in [0.5, 0.6) is 0 Å². The number of hydrogen-bond acceptors (Lipinski definition) is 6. The van der Waals surface area contributed by atoms with E-state index in [1.54, 1.807) is 24.3 Å². The number of carbonyl (C=O) groups is 3. The molecule has 3 amide bonds. The van der Waals surface area contributed by atoms with Crippen LogP contribution in [0.3, 0.4) is 0 Å². The molecule has 0 N–H and O–H groups in total. The highest BCUT2D eigenvalue weighted by atomic mass is 79.9. The number of amides is 3. The minimum Gasteiger partial charge on any atom is -0.341 e. The quantitative estimate of drug-likeness (QED) is 0.373. The third kappa shape index (κ3) is 4.45. The molecule has 3 aliphatic rings. The van der Waals surface area contributed by atoms with Gasteiger partial charge in [-0.1, -0.05) is 62.8 Å². The molecule has 0 spiro atoms. The van der Waals surface area contributed by atoms with Gasteiger partial charge in [-0.25, -0.2) is 4.90 Å². The van der Waals surface area contributed by atoms with Gasteiger partial charge >= 0.3 is 4.87 Å². The average Bonchev–Trinajstić information content (AvgIpc) is 3.36. The second-order valence-corrected chi connectivity index (χ2v) is 13.1. The molecule has 2 saturated heterocycles. The Kier molecular flexibility index (Phi) is 7.00. The lowest BCUT2D eigenvalue weighted by atomic mass is 9.83. The Hall–Kier alpha value is -2.40. The molecular weight excluding hydrogens is 610 g/mol. The molecule has 0 aliphatic carbocycles. The highest BCUT2D eigenvalue weighted by Gasteiger charge is 2.56. The van der Waals surface area contributed by atoms with Gasteiger partial charge in [-0.3, -0.25) is 23.7 Å². The number of anilines is 1. The fraction of sp³-hybridized carbons (Fsp3) is 0.333. The molecule has 2 fully saturated rings. The molecular formula is C27H23BrClN3O4S2. The number of fused-ring (bicyclic) bond motifs is 2. The molecule has 2 unspecified atom stereocenters. The first kappa shape index (κ1) is 25.9. The van der Waals surface area contributed by atoms with Crippen LogP contribution < -0.4 is 9.77 Å². The van der Waals surface area contributed by atoms with Crippen molar-refractivity contribution in [2.24, 2.45) is 5.92 Å². The number of hydrogen-bond donors (Lipinski definition) is 0. The third-order valence-electron chi connectivity index (χ3n) is 7.34. The number of likely N-dealkylation sites (tertiary alicyclic amines) is 1. The van der Waals surface area contributed by atoms with Crippen LogP contribution in [-0.2, 0) is 20.9 Å². The van der Waals surface area contributed by atoms with Gasteiger partial charge < -0.3 is 4.90 Å². The van der Waals surface area contributed by atoms with Gasteiger partial charge in [0.1, 0.15) is 11.8 Å². The summed E-state index contributed by atoms with van der Waals surface area (Å²) in [4.78, 5) is 57.6. The lowest BCUT2D eigenvalue weighted by Crippen LogP contribution is -2.39. The van der Waals surface area contributed by atoms with Crippen LogP contribution in [0.25, 0.3) is 0 Å². The van der Waals surface area contributed by atoms with Gasteiger partial charge in [-0.15, -0.1) is 0 Å². The minimum atomic E-state index is -0.722. The van der Waals surface area contributed by atoms with Crippen LogP contribution in [-0.4, -0.2) is 45.5 Å². The predicted octanol–water partition coefficient (Wildman–Crippen LogP) is 5.13. The van der Waals surface area contributed by atoms with Crippen LogP contribution in [0.15, 0.2) is 62.8 Å². The van der Waals surface area contributed by atoms with Crippen LogP contribution in [0, 0.1) is 5.92 Å². The number of nitrogens with zero attached hydrogens (tertiary/aromatic N) is 3. The Balaban J connectivity index is 1.44. The van der Waals surface area contributed by atoms with E-state index in [4.69, 9.17) is 11.6 Å². The maximum Gasteiger partial charge on any atom is 0.308 e. The number of aromatic nitrogens is 1. The zero-order valence-electron chi connectivity index (χ0n) is 20.1. The van der Waals surface area contributed by atoms with Gasteiger partial charge in [0.05, 0.1) is 16.6 Å². The molecule has 0 bridgehead atoms. The Labute approximate surface area is 240 Å². The van der Waals surface area contributed by atoms with Crippen molar-refractivity contribution >= 4 is 74.0 Å². The Bertz CT molecular complexity index is 1500. The molecule has 0 radical (unpaired) electrons. The summed E-state index contributed by atoms with van der Waals surface area (Å²) in [5, 5.41) is 0.395. The van der Waals surface area contributed by atoms with Crippen molar-refractivity contribution in [3.8, 4) is 0 Å². The highest BCUT2D eigenvalue weighted by molar-refractivity contribution is 9.10. The molecule has 0 saturated carbocycles. The molecule has 6 rings (SSSR count). The Morgan fingerprint density at radius 2 is 1.74 bits per heavy atom. The van der Waals surface area contributed by atoms with Crippen molar-refractivity contribution in [3.05, 3.63) is 78.1 Å². The van der Waals surface area contributed by atoms with Gasteiger partial charge in [0.25, 0.3) is 0 Å². The fourth-order valence-electron chi connectivity index (χ4n) is 5.54. The van der Waals surface area contributed by atoms with Crippen molar-refractivity contribution in [1.82, 2.24) is 9.47 Å². The molecule has 7 nitrogen and oxygen atoms in total. The number of carbonyl (C=O) groups excluding carboxylic acids is 3. The lowest BCUT2D eigenvalue weighted by Gasteiger charge is -2.31. The van der Waals surface area contributed by atoms with E-state index < -0.39 is 17.1 Å². The van der Waals surface area contributed by atoms with Crippen LogP contribution in [0.1, 0.15) is 35.6 Å². The summed E-state index contributed by atoms with van der Waals surface area (Å²) in [6, 6.07) is 14.3. The number of thiazole rings is 1. The second-order valence-electron chi connectivity index (χ2n) is 9.65. The number of thioether (sulfide) groups is 1. The molecule has 3 aliphatic heterocycles. The summed E-state index contributed by atoms with van der Waals surface area (Å²) in [7, 11) is 0. The maximum atomic E-state index is 13.9. The molecule has 1 aromatic heterocycles. The van der Waals surface area contributed by atoms with E-state index in [9.17, 15) is 19.2 Å². The summed E-state index contributed by atoms with van der Waals surface area (Å²) >= 11 is 11.9. The Morgan fingerprint density at radius 3 is 2.45 bits per heavy atom. The number of benzene rings is 2. The Morgan fingerprint density at radius 1 is 1.00 bits per heavy atom. The summed E-state index contributed by atoms with van der Waals surface area (Å²) in [5.74, 6) is -1.90. The second kappa shape index (κ2) is 10.3. The number of halogens is 2. The van der Waals surface area contributed by atoms with Crippen molar-refractivity contribution in [1.29, 1.82) is 0 Å². The topological polar surface area (TPSA) is 79.7 Å². The van der Waals surface area contributed by atoms with Gasteiger partial charge in [0.2, 0.25) is 17.7 Å². The summed E-state index contributed by atoms with van der Waals surface area (Å²) in [5.41, 5.74) is 1.30. The smallest absolute Gasteiger partial charge is 0.308 e. The van der Waals surface area contributed by atoms with Crippen molar-refractivity contribution in [2.45, 2.75) is 42.0 Å². The first-order valence-electron chi connectivity index (χ1n) is 12.4. The van der Waals surface area contributed by atoms with E-state index in [1.807, 2.05) is 29.2 Å². The zero-order valence-corrected chi connectivity index (χ0v) is 24.1. The van der Waals surface area contributed by atoms with E-state index in [0.717, 1.165) is 45.5 Å². The van der Waals surface area contributed by atoms with Gasteiger partial charge in [-0.05, 0) is 61.2 Å². The number of piperidine rings is 1. The zero-order chi connectivity index (χ0) is 26.6. The maximum absolute atomic E-state index is 13.9.